The minimum Gasteiger partial charge on any atom is -0.493 e. The van der Waals surface area contributed by atoms with Crippen LogP contribution in [0, 0.1) is 6.92 Å². The number of aromatic nitrogens is 3. The third-order valence-corrected chi connectivity index (χ3v) is 7.03. The molecule has 2 N–H and O–H groups in total. The fraction of sp³-hybridized carbons (Fsp3) is 0.321. The van der Waals surface area contributed by atoms with Gasteiger partial charge in [0, 0.05) is 56.1 Å². The highest BCUT2D eigenvalue weighted by molar-refractivity contribution is 5.85. The molecule has 9 nitrogen and oxygen atoms in total. The number of benzene rings is 2. The molecule has 4 aromatic rings. The quantitative estimate of drug-likeness (QED) is 0.406. The van der Waals surface area contributed by atoms with Crippen LogP contribution in [-0.4, -0.2) is 59.3 Å². The third-order valence-electron chi connectivity index (χ3n) is 7.03. The SMILES string of the molecule is Cc1cccc2c1NCCN2c1cc2cnc3nc2n(c1=O)CCN(C)CCCOc1cccc(c1)N3. The summed E-state index contributed by atoms with van der Waals surface area (Å²) in [5, 5.41) is 7.60. The van der Waals surface area contributed by atoms with E-state index in [0.717, 1.165) is 59.8 Å². The Morgan fingerprint density at radius 1 is 1.00 bits per heavy atom. The van der Waals surface area contributed by atoms with Crippen molar-refractivity contribution in [1.82, 2.24) is 19.4 Å². The van der Waals surface area contributed by atoms with Crippen LogP contribution in [0.3, 0.4) is 0 Å². The Morgan fingerprint density at radius 2 is 1.89 bits per heavy atom. The maximum Gasteiger partial charge on any atom is 0.276 e. The molecule has 9 heteroatoms. The van der Waals surface area contributed by atoms with E-state index in [9.17, 15) is 4.79 Å². The number of hydrogen-bond donors (Lipinski definition) is 2. The van der Waals surface area contributed by atoms with Crippen LogP contribution >= 0.6 is 0 Å². The maximum atomic E-state index is 14.1. The van der Waals surface area contributed by atoms with Gasteiger partial charge in [-0.05, 0) is 50.2 Å². The van der Waals surface area contributed by atoms with Crippen molar-refractivity contribution in [1.29, 1.82) is 0 Å². The first-order valence-corrected chi connectivity index (χ1v) is 12.8. The topological polar surface area (TPSA) is 87.5 Å². The molecule has 0 spiro atoms. The number of hydrogen-bond acceptors (Lipinski definition) is 8. The van der Waals surface area contributed by atoms with Crippen LogP contribution in [0.15, 0.2) is 59.5 Å². The fourth-order valence-corrected chi connectivity index (χ4v) is 5.07. The highest BCUT2D eigenvalue weighted by Gasteiger charge is 2.24. The summed E-state index contributed by atoms with van der Waals surface area (Å²) in [4.78, 5) is 27.8. The molecule has 2 aromatic carbocycles. The third kappa shape index (κ3) is 4.58. The average Bonchev–Trinajstić information content (AvgIpc) is 2.90. The monoisotopic (exact) mass is 497 g/mol. The van der Waals surface area contributed by atoms with E-state index in [4.69, 9.17) is 9.72 Å². The van der Waals surface area contributed by atoms with E-state index in [2.05, 4.69) is 51.5 Å². The number of fused-ring (bicyclic) bond motifs is 4. The molecular formula is C28H31N7O2. The summed E-state index contributed by atoms with van der Waals surface area (Å²) < 4.78 is 7.75. The normalized spacial score (nSPS) is 16.2. The van der Waals surface area contributed by atoms with Crippen LogP contribution in [0.2, 0.25) is 0 Å². The summed E-state index contributed by atoms with van der Waals surface area (Å²) in [6, 6.07) is 15.9. The van der Waals surface area contributed by atoms with Crippen LogP contribution in [0.1, 0.15) is 12.0 Å². The van der Waals surface area contributed by atoms with Gasteiger partial charge in [-0.15, -0.1) is 0 Å². The number of rotatable bonds is 1. The standard InChI is InChI=1S/C28H31N7O2/c1-19-6-3-9-23-25(19)29-10-12-34(23)24-16-20-18-30-28-31-21-7-4-8-22(17-21)37-15-5-11-33(2)13-14-35(27(24)36)26(20)32-28/h3-4,6-9,16-18,29H,5,10-15H2,1-2H3,(H,30,31,32). The molecule has 0 amide bonds. The smallest absolute Gasteiger partial charge is 0.276 e. The summed E-state index contributed by atoms with van der Waals surface area (Å²) in [6.45, 7) is 6.29. The van der Waals surface area contributed by atoms with Gasteiger partial charge in [0.2, 0.25) is 5.95 Å². The van der Waals surface area contributed by atoms with E-state index >= 15 is 0 Å². The van der Waals surface area contributed by atoms with Crippen molar-refractivity contribution in [2.24, 2.45) is 0 Å². The lowest BCUT2D eigenvalue weighted by Crippen LogP contribution is -2.37. The van der Waals surface area contributed by atoms with Crippen molar-refractivity contribution in [2.75, 3.05) is 55.4 Å². The van der Waals surface area contributed by atoms with Crippen LogP contribution in [-0.2, 0) is 6.54 Å². The summed E-state index contributed by atoms with van der Waals surface area (Å²) in [5.74, 6) is 1.24. The molecule has 0 saturated heterocycles. The Morgan fingerprint density at radius 3 is 2.81 bits per heavy atom. The number of para-hydroxylation sites is 1. The molecule has 0 aliphatic carbocycles. The van der Waals surface area contributed by atoms with Gasteiger partial charge in [-0.2, -0.15) is 4.98 Å². The lowest BCUT2D eigenvalue weighted by molar-refractivity contribution is 0.258. The average molecular weight is 498 g/mol. The Kier molecular flexibility index (Phi) is 6.13. The molecular weight excluding hydrogens is 466 g/mol. The molecule has 190 valence electrons. The van der Waals surface area contributed by atoms with Gasteiger partial charge in [0.05, 0.1) is 18.0 Å². The van der Waals surface area contributed by atoms with Crippen molar-refractivity contribution < 1.29 is 4.74 Å². The largest absolute Gasteiger partial charge is 0.493 e. The van der Waals surface area contributed by atoms with Crippen molar-refractivity contribution in [3.8, 4) is 5.75 Å². The van der Waals surface area contributed by atoms with Crippen LogP contribution in [0.25, 0.3) is 11.0 Å². The molecule has 2 aliphatic heterocycles. The van der Waals surface area contributed by atoms with Crippen molar-refractivity contribution in [2.45, 2.75) is 19.9 Å². The number of aryl methyl sites for hydroxylation is 1. The van der Waals surface area contributed by atoms with Crippen molar-refractivity contribution >= 4 is 39.7 Å². The predicted octanol–water partition coefficient (Wildman–Crippen LogP) is 4.12. The van der Waals surface area contributed by atoms with E-state index in [0.29, 0.717) is 37.0 Å². The molecule has 4 heterocycles. The number of ether oxygens (including phenoxy) is 1. The van der Waals surface area contributed by atoms with Crippen LogP contribution < -0.4 is 25.8 Å². The van der Waals surface area contributed by atoms with Gasteiger partial charge < -0.3 is 25.2 Å². The number of likely N-dealkylation sites (N-methyl/N-ethyl adjacent to an activating group) is 1. The lowest BCUT2D eigenvalue weighted by Gasteiger charge is -2.33. The van der Waals surface area contributed by atoms with Gasteiger partial charge in [0.15, 0.2) is 0 Å². The second kappa shape index (κ2) is 9.74. The van der Waals surface area contributed by atoms with Gasteiger partial charge in [0.1, 0.15) is 17.1 Å². The number of pyridine rings is 1. The first-order valence-electron chi connectivity index (χ1n) is 12.8. The molecule has 0 saturated carbocycles. The van der Waals surface area contributed by atoms with Crippen molar-refractivity contribution in [3.63, 3.8) is 0 Å². The molecule has 37 heavy (non-hydrogen) atoms. The predicted molar refractivity (Wildman–Crippen MR) is 148 cm³/mol. The second-order valence-corrected chi connectivity index (χ2v) is 9.66. The maximum absolute atomic E-state index is 14.1. The van der Waals surface area contributed by atoms with Gasteiger partial charge in [-0.3, -0.25) is 9.36 Å². The van der Waals surface area contributed by atoms with Crippen LogP contribution in [0.5, 0.6) is 5.75 Å². The minimum absolute atomic E-state index is 0.0467. The fourth-order valence-electron chi connectivity index (χ4n) is 5.07. The Labute approximate surface area is 215 Å². The van der Waals surface area contributed by atoms with Gasteiger partial charge >= 0.3 is 0 Å². The molecule has 4 bridgehead atoms. The van der Waals surface area contributed by atoms with Gasteiger partial charge in [0.25, 0.3) is 5.56 Å². The number of nitrogens with one attached hydrogen (secondary N) is 2. The van der Waals surface area contributed by atoms with Crippen molar-refractivity contribution in [3.05, 3.63) is 70.6 Å². The Balaban J connectivity index is 1.48. The van der Waals surface area contributed by atoms with Gasteiger partial charge in [-0.25, -0.2) is 4.98 Å². The van der Waals surface area contributed by atoms with Crippen LogP contribution in [0.4, 0.5) is 28.7 Å². The van der Waals surface area contributed by atoms with E-state index in [-0.39, 0.29) is 5.56 Å². The zero-order valence-electron chi connectivity index (χ0n) is 21.2. The highest BCUT2D eigenvalue weighted by atomic mass is 16.5. The summed E-state index contributed by atoms with van der Waals surface area (Å²) in [7, 11) is 2.08. The lowest BCUT2D eigenvalue weighted by atomic mass is 10.1. The first-order chi connectivity index (χ1) is 18.1. The van der Waals surface area contributed by atoms with E-state index in [1.165, 1.54) is 0 Å². The molecule has 0 fully saturated rings. The highest BCUT2D eigenvalue weighted by Crippen LogP contribution is 2.36. The van der Waals surface area contributed by atoms with E-state index in [1.54, 1.807) is 10.8 Å². The molecule has 6 rings (SSSR count). The van der Waals surface area contributed by atoms with E-state index in [1.807, 2.05) is 36.4 Å². The number of anilines is 5. The molecule has 0 atom stereocenters. The van der Waals surface area contributed by atoms with E-state index < -0.39 is 0 Å². The molecule has 0 unspecified atom stereocenters. The Bertz CT molecular complexity index is 1520. The first kappa shape index (κ1) is 23.3. The zero-order valence-corrected chi connectivity index (χ0v) is 21.2. The second-order valence-electron chi connectivity index (χ2n) is 9.66. The van der Waals surface area contributed by atoms with Gasteiger partial charge in [-0.1, -0.05) is 18.2 Å². The Hall–Kier alpha value is -4.11. The summed E-state index contributed by atoms with van der Waals surface area (Å²) in [5.41, 5.74) is 5.31. The summed E-state index contributed by atoms with van der Waals surface area (Å²) in [6.07, 6.45) is 2.69. The minimum atomic E-state index is -0.0467. The molecule has 0 radical (unpaired) electrons. The zero-order chi connectivity index (χ0) is 25.4. The summed E-state index contributed by atoms with van der Waals surface area (Å²) >= 11 is 0. The molecule has 2 aliphatic rings. The number of nitrogens with zero attached hydrogens (tertiary/aromatic N) is 5. The molecule has 2 aromatic heterocycles.